The Morgan fingerprint density at radius 3 is 2.81 bits per heavy atom. The van der Waals surface area contributed by atoms with E-state index in [4.69, 9.17) is 5.10 Å². The first-order valence-corrected chi connectivity index (χ1v) is 9.02. The molecule has 134 valence electrons. The molecule has 0 aromatic carbocycles. The molecule has 1 aliphatic rings. The van der Waals surface area contributed by atoms with Gasteiger partial charge in [-0.05, 0) is 24.1 Å². The minimum Gasteiger partial charge on any atom is -0.363 e. The van der Waals surface area contributed by atoms with Crippen LogP contribution in [-0.2, 0) is 32.6 Å². The van der Waals surface area contributed by atoms with E-state index in [0.717, 1.165) is 49.8 Å². The van der Waals surface area contributed by atoms with Crippen molar-refractivity contribution in [3.8, 4) is 0 Å². The maximum atomic E-state index is 4.69. The summed E-state index contributed by atoms with van der Waals surface area (Å²) >= 11 is 0. The van der Waals surface area contributed by atoms with Crippen molar-refractivity contribution >= 4 is 5.82 Å². The zero-order valence-electron chi connectivity index (χ0n) is 15.0. The molecule has 0 radical (unpaired) electrons. The van der Waals surface area contributed by atoms with Gasteiger partial charge < -0.3 is 5.32 Å². The fraction of sp³-hybridized carbons (Fsp3) is 0.368. The lowest BCUT2D eigenvalue weighted by atomic mass is 10.2. The lowest BCUT2D eigenvalue weighted by Crippen LogP contribution is -2.33. The standard InChI is InChI=1S/C19H23N7/c1-2-15-3-4-16(22-10-15)13-25-7-8-26-18(14-25)9-17(24-26)11-23-19-12-20-5-6-21-19/h3-6,9-10,12H,2,7-8,11,13-14H2,1H3,(H,21,23). The molecule has 7 nitrogen and oxygen atoms in total. The summed E-state index contributed by atoms with van der Waals surface area (Å²) in [6.07, 6.45) is 8.08. The first kappa shape index (κ1) is 16.7. The van der Waals surface area contributed by atoms with E-state index in [1.165, 1.54) is 11.3 Å². The Morgan fingerprint density at radius 1 is 1.08 bits per heavy atom. The normalized spacial score (nSPS) is 14.2. The summed E-state index contributed by atoms with van der Waals surface area (Å²) in [5.41, 5.74) is 4.68. The van der Waals surface area contributed by atoms with Crippen LogP contribution in [0.3, 0.4) is 0 Å². The molecule has 1 N–H and O–H groups in total. The average molecular weight is 349 g/mol. The molecule has 4 rings (SSSR count). The van der Waals surface area contributed by atoms with Crippen LogP contribution in [0.4, 0.5) is 5.82 Å². The third-order valence-corrected chi connectivity index (χ3v) is 4.62. The first-order chi connectivity index (χ1) is 12.8. The Balaban J connectivity index is 1.36. The van der Waals surface area contributed by atoms with Crippen LogP contribution in [0.25, 0.3) is 0 Å². The summed E-state index contributed by atoms with van der Waals surface area (Å²) in [5, 5.41) is 7.95. The monoisotopic (exact) mass is 349 g/mol. The van der Waals surface area contributed by atoms with Gasteiger partial charge in [-0.1, -0.05) is 13.0 Å². The highest BCUT2D eigenvalue weighted by Crippen LogP contribution is 2.16. The molecule has 26 heavy (non-hydrogen) atoms. The zero-order chi connectivity index (χ0) is 17.8. The number of aryl methyl sites for hydroxylation is 1. The molecular weight excluding hydrogens is 326 g/mol. The van der Waals surface area contributed by atoms with Crippen LogP contribution in [0.5, 0.6) is 0 Å². The lowest BCUT2D eigenvalue weighted by molar-refractivity contribution is 0.203. The number of nitrogens with zero attached hydrogens (tertiary/aromatic N) is 6. The fourth-order valence-corrected chi connectivity index (χ4v) is 3.16. The number of hydrogen-bond donors (Lipinski definition) is 1. The van der Waals surface area contributed by atoms with E-state index in [-0.39, 0.29) is 0 Å². The van der Waals surface area contributed by atoms with Gasteiger partial charge in [0, 0.05) is 38.2 Å². The molecule has 7 heteroatoms. The number of hydrogen-bond acceptors (Lipinski definition) is 6. The Morgan fingerprint density at radius 2 is 2.04 bits per heavy atom. The van der Waals surface area contributed by atoms with Crippen LogP contribution in [-0.4, -0.2) is 36.2 Å². The maximum absolute atomic E-state index is 4.69. The number of anilines is 1. The van der Waals surface area contributed by atoms with E-state index in [0.29, 0.717) is 6.54 Å². The topological polar surface area (TPSA) is 71.8 Å². The summed E-state index contributed by atoms with van der Waals surface area (Å²) in [7, 11) is 0. The average Bonchev–Trinajstić information content (AvgIpc) is 3.10. The van der Waals surface area contributed by atoms with Gasteiger partial charge in [-0.3, -0.25) is 19.5 Å². The van der Waals surface area contributed by atoms with Crippen molar-refractivity contribution in [2.24, 2.45) is 0 Å². The summed E-state index contributed by atoms with van der Waals surface area (Å²) in [4.78, 5) is 15.3. The highest BCUT2D eigenvalue weighted by Gasteiger charge is 2.18. The molecule has 0 spiro atoms. The van der Waals surface area contributed by atoms with E-state index >= 15 is 0 Å². The smallest absolute Gasteiger partial charge is 0.144 e. The largest absolute Gasteiger partial charge is 0.363 e. The van der Waals surface area contributed by atoms with Gasteiger partial charge in [0.15, 0.2) is 0 Å². The van der Waals surface area contributed by atoms with Crippen molar-refractivity contribution < 1.29 is 0 Å². The van der Waals surface area contributed by atoms with Crippen LogP contribution in [0, 0.1) is 0 Å². The predicted molar refractivity (Wildman–Crippen MR) is 99.3 cm³/mol. The zero-order valence-corrected chi connectivity index (χ0v) is 15.0. The van der Waals surface area contributed by atoms with Crippen molar-refractivity contribution in [3.63, 3.8) is 0 Å². The van der Waals surface area contributed by atoms with Gasteiger partial charge in [-0.15, -0.1) is 0 Å². The molecule has 0 aliphatic carbocycles. The SMILES string of the molecule is CCc1ccc(CN2CCn3nc(CNc4cnccn4)cc3C2)nc1. The number of fused-ring (bicyclic) bond motifs is 1. The van der Waals surface area contributed by atoms with Crippen LogP contribution < -0.4 is 5.32 Å². The molecule has 0 atom stereocenters. The summed E-state index contributed by atoms with van der Waals surface area (Å²) in [6.45, 7) is 6.48. The quantitative estimate of drug-likeness (QED) is 0.736. The number of pyridine rings is 1. The molecule has 1 aliphatic heterocycles. The van der Waals surface area contributed by atoms with Crippen molar-refractivity contribution in [2.45, 2.75) is 39.5 Å². The minimum atomic E-state index is 0.652. The summed E-state index contributed by atoms with van der Waals surface area (Å²) in [6, 6.07) is 6.48. The Bertz CT molecular complexity index is 842. The van der Waals surface area contributed by atoms with Gasteiger partial charge in [0.2, 0.25) is 0 Å². The van der Waals surface area contributed by atoms with Crippen molar-refractivity contribution in [2.75, 3.05) is 11.9 Å². The number of nitrogens with one attached hydrogen (secondary N) is 1. The van der Waals surface area contributed by atoms with Gasteiger partial charge in [0.25, 0.3) is 0 Å². The Labute approximate surface area is 153 Å². The van der Waals surface area contributed by atoms with Crippen molar-refractivity contribution in [3.05, 3.63) is 65.6 Å². The molecular formula is C19H23N7. The first-order valence-electron chi connectivity index (χ1n) is 9.02. The van der Waals surface area contributed by atoms with Crippen LogP contribution >= 0.6 is 0 Å². The minimum absolute atomic E-state index is 0.652. The van der Waals surface area contributed by atoms with Gasteiger partial charge in [0.1, 0.15) is 5.82 Å². The molecule has 4 heterocycles. The van der Waals surface area contributed by atoms with Crippen LogP contribution in [0.1, 0.15) is 29.6 Å². The number of aromatic nitrogens is 5. The molecule has 0 bridgehead atoms. The van der Waals surface area contributed by atoms with Gasteiger partial charge in [-0.2, -0.15) is 5.10 Å². The predicted octanol–water partition coefficient (Wildman–Crippen LogP) is 2.26. The second kappa shape index (κ2) is 7.61. The van der Waals surface area contributed by atoms with Gasteiger partial charge in [-0.25, -0.2) is 4.98 Å². The van der Waals surface area contributed by atoms with Crippen molar-refractivity contribution in [1.29, 1.82) is 0 Å². The molecule has 0 fully saturated rings. The Hall–Kier alpha value is -2.80. The summed E-state index contributed by atoms with van der Waals surface area (Å²) in [5.74, 6) is 0.765. The Kier molecular flexibility index (Phi) is 4.88. The molecule has 0 saturated carbocycles. The number of rotatable bonds is 6. The third kappa shape index (κ3) is 3.88. The molecule has 0 amide bonds. The second-order valence-corrected chi connectivity index (χ2v) is 6.52. The lowest BCUT2D eigenvalue weighted by Gasteiger charge is -2.27. The molecule has 3 aromatic rings. The molecule has 0 unspecified atom stereocenters. The van der Waals surface area contributed by atoms with Gasteiger partial charge >= 0.3 is 0 Å². The van der Waals surface area contributed by atoms with Crippen LogP contribution in [0.15, 0.2) is 43.0 Å². The molecule has 0 saturated heterocycles. The van der Waals surface area contributed by atoms with Crippen LogP contribution in [0.2, 0.25) is 0 Å². The maximum Gasteiger partial charge on any atom is 0.144 e. The second-order valence-electron chi connectivity index (χ2n) is 6.52. The van der Waals surface area contributed by atoms with E-state index in [1.54, 1.807) is 18.6 Å². The fourth-order valence-electron chi connectivity index (χ4n) is 3.16. The molecule has 3 aromatic heterocycles. The van der Waals surface area contributed by atoms with E-state index in [2.05, 4.69) is 55.0 Å². The summed E-state index contributed by atoms with van der Waals surface area (Å²) < 4.78 is 2.11. The third-order valence-electron chi connectivity index (χ3n) is 4.62. The highest BCUT2D eigenvalue weighted by molar-refractivity contribution is 5.31. The van der Waals surface area contributed by atoms with E-state index in [1.807, 2.05) is 6.20 Å². The highest BCUT2D eigenvalue weighted by atomic mass is 15.3. The van der Waals surface area contributed by atoms with E-state index < -0.39 is 0 Å². The van der Waals surface area contributed by atoms with Gasteiger partial charge in [0.05, 0.1) is 36.4 Å². The van der Waals surface area contributed by atoms with Crippen molar-refractivity contribution in [1.82, 2.24) is 29.6 Å². The van der Waals surface area contributed by atoms with E-state index in [9.17, 15) is 0 Å².